The van der Waals surface area contributed by atoms with Crippen LogP contribution < -0.4 is 5.32 Å². The van der Waals surface area contributed by atoms with Gasteiger partial charge in [0.15, 0.2) is 9.84 Å². The van der Waals surface area contributed by atoms with Crippen LogP contribution in [0.25, 0.3) is 11.3 Å². The first-order chi connectivity index (χ1) is 11.9. The maximum Gasteiger partial charge on any atom is 0.320 e. The number of hydrogen-bond donors (Lipinski definition) is 1. The third-order valence-electron chi connectivity index (χ3n) is 3.76. The number of ether oxygens (including phenoxy) is 1. The average molecular weight is 380 g/mol. The maximum atomic E-state index is 12.0. The zero-order chi connectivity index (χ0) is 18.0. The Bertz CT molecular complexity index is 934. The molecule has 0 spiro atoms. The number of carbonyl (C=O) groups excluding carboxylic acids is 2. The Balaban J connectivity index is 1.78. The number of carbonyl (C=O) groups is 2. The number of methoxy groups -OCH3 is 1. The lowest BCUT2D eigenvalue weighted by atomic mass is 9.99. The number of nitrogens with zero attached hydrogens (tertiary/aromatic N) is 1. The molecule has 0 unspecified atom stereocenters. The van der Waals surface area contributed by atoms with Crippen LogP contribution >= 0.6 is 11.3 Å². The van der Waals surface area contributed by atoms with Crippen molar-refractivity contribution >= 4 is 38.7 Å². The minimum Gasteiger partial charge on any atom is -0.468 e. The SMILES string of the molecule is COC(=O)CS(=O)(=O)Cc1nc(-c2ccc3c(c2)CCC(=O)N3)cs1. The van der Waals surface area contributed by atoms with E-state index in [-0.39, 0.29) is 11.7 Å². The Morgan fingerprint density at radius 1 is 1.36 bits per heavy atom. The predicted molar refractivity (Wildman–Crippen MR) is 94.0 cm³/mol. The van der Waals surface area contributed by atoms with Crippen molar-refractivity contribution in [3.63, 3.8) is 0 Å². The van der Waals surface area contributed by atoms with Crippen LogP contribution in [-0.2, 0) is 36.3 Å². The smallest absolute Gasteiger partial charge is 0.320 e. The number of thiazole rings is 1. The summed E-state index contributed by atoms with van der Waals surface area (Å²) in [5.41, 5.74) is 3.37. The minimum atomic E-state index is -3.61. The van der Waals surface area contributed by atoms with E-state index in [2.05, 4.69) is 15.0 Å². The van der Waals surface area contributed by atoms with Crippen LogP contribution in [0.2, 0.25) is 0 Å². The van der Waals surface area contributed by atoms with Crippen LogP contribution in [0.15, 0.2) is 23.6 Å². The lowest BCUT2D eigenvalue weighted by Crippen LogP contribution is -2.18. The van der Waals surface area contributed by atoms with Gasteiger partial charge in [0.25, 0.3) is 0 Å². The highest BCUT2D eigenvalue weighted by Crippen LogP contribution is 2.29. The fourth-order valence-corrected chi connectivity index (χ4v) is 4.95. The van der Waals surface area contributed by atoms with E-state index in [0.29, 0.717) is 23.5 Å². The Morgan fingerprint density at radius 3 is 2.92 bits per heavy atom. The van der Waals surface area contributed by atoms with Crippen LogP contribution in [0.5, 0.6) is 0 Å². The van der Waals surface area contributed by atoms with Crippen LogP contribution in [0, 0.1) is 0 Å². The van der Waals surface area contributed by atoms with E-state index in [1.54, 1.807) is 5.38 Å². The van der Waals surface area contributed by atoms with E-state index in [0.717, 1.165) is 23.9 Å². The van der Waals surface area contributed by atoms with Crippen molar-refractivity contribution in [1.82, 2.24) is 4.98 Å². The predicted octanol–water partition coefficient (Wildman–Crippen LogP) is 1.78. The summed E-state index contributed by atoms with van der Waals surface area (Å²) < 4.78 is 28.3. The van der Waals surface area contributed by atoms with Gasteiger partial charge in [0.1, 0.15) is 16.5 Å². The molecule has 1 aliphatic heterocycles. The second-order valence-corrected chi connectivity index (χ2v) is 8.66. The van der Waals surface area contributed by atoms with Gasteiger partial charge in [-0.15, -0.1) is 11.3 Å². The van der Waals surface area contributed by atoms with Crippen LogP contribution in [0.1, 0.15) is 17.0 Å². The molecule has 132 valence electrons. The third kappa shape index (κ3) is 4.23. The highest BCUT2D eigenvalue weighted by molar-refractivity contribution is 7.91. The van der Waals surface area contributed by atoms with Crippen molar-refractivity contribution in [1.29, 1.82) is 0 Å². The summed E-state index contributed by atoms with van der Waals surface area (Å²) in [5.74, 6) is -1.73. The molecule has 0 aliphatic carbocycles. The molecule has 1 amide bonds. The van der Waals surface area contributed by atoms with Crippen LogP contribution in [0.3, 0.4) is 0 Å². The molecule has 0 radical (unpaired) electrons. The molecule has 0 bridgehead atoms. The van der Waals surface area contributed by atoms with Gasteiger partial charge in [-0.1, -0.05) is 6.07 Å². The molecule has 9 heteroatoms. The number of rotatable bonds is 5. The molecule has 7 nitrogen and oxygen atoms in total. The summed E-state index contributed by atoms with van der Waals surface area (Å²) >= 11 is 1.23. The average Bonchev–Trinajstić information content (AvgIpc) is 3.01. The zero-order valence-corrected chi connectivity index (χ0v) is 15.1. The van der Waals surface area contributed by atoms with Crippen LogP contribution in [0.4, 0.5) is 5.69 Å². The molecule has 0 fully saturated rings. The first kappa shape index (κ1) is 17.6. The number of nitrogens with one attached hydrogen (secondary N) is 1. The number of sulfone groups is 1. The van der Waals surface area contributed by atoms with Gasteiger partial charge in [-0.2, -0.15) is 0 Å². The molecule has 1 aromatic heterocycles. The Morgan fingerprint density at radius 2 is 2.16 bits per heavy atom. The molecule has 3 rings (SSSR count). The fourth-order valence-electron chi connectivity index (χ4n) is 2.53. The monoisotopic (exact) mass is 380 g/mol. The van der Waals surface area contributed by atoms with E-state index < -0.39 is 21.6 Å². The van der Waals surface area contributed by atoms with E-state index in [1.165, 1.54) is 11.3 Å². The maximum absolute atomic E-state index is 12.0. The van der Waals surface area contributed by atoms with Gasteiger partial charge in [-0.25, -0.2) is 13.4 Å². The van der Waals surface area contributed by atoms with Gasteiger partial charge < -0.3 is 10.1 Å². The molecule has 1 aliphatic rings. The van der Waals surface area contributed by atoms with Crippen LogP contribution in [-0.4, -0.2) is 38.1 Å². The second-order valence-electron chi connectivity index (χ2n) is 5.65. The third-order valence-corrected chi connectivity index (χ3v) is 6.18. The molecule has 0 saturated heterocycles. The number of aromatic nitrogens is 1. The quantitative estimate of drug-likeness (QED) is 0.793. The van der Waals surface area contributed by atoms with Crippen molar-refractivity contribution < 1.29 is 22.7 Å². The normalized spacial score (nSPS) is 13.9. The topological polar surface area (TPSA) is 102 Å². The highest BCUT2D eigenvalue weighted by atomic mass is 32.2. The van der Waals surface area contributed by atoms with Crippen molar-refractivity contribution in [3.8, 4) is 11.3 Å². The van der Waals surface area contributed by atoms with Crippen molar-refractivity contribution in [2.24, 2.45) is 0 Å². The molecular weight excluding hydrogens is 364 g/mol. The number of benzene rings is 1. The summed E-state index contributed by atoms with van der Waals surface area (Å²) in [6.07, 6.45) is 1.12. The fraction of sp³-hybridized carbons (Fsp3) is 0.312. The highest BCUT2D eigenvalue weighted by Gasteiger charge is 2.20. The van der Waals surface area contributed by atoms with E-state index >= 15 is 0 Å². The zero-order valence-electron chi connectivity index (χ0n) is 13.4. The standard InChI is InChI=1S/C16H16N2O5S2/c1-23-16(20)9-25(21,22)8-15-18-13(7-24-15)11-2-4-12-10(6-11)3-5-14(19)17-12/h2,4,6-7H,3,5,8-9H2,1H3,(H,17,19). The Hall–Kier alpha value is -2.26. The molecule has 1 N–H and O–H groups in total. The van der Waals surface area contributed by atoms with Crippen molar-refractivity contribution in [2.45, 2.75) is 18.6 Å². The summed E-state index contributed by atoms with van der Waals surface area (Å²) in [6.45, 7) is 0. The first-order valence-corrected chi connectivity index (χ1v) is 10.2. The van der Waals surface area contributed by atoms with E-state index in [4.69, 9.17) is 0 Å². The number of hydrogen-bond acceptors (Lipinski definition) is 7. The van der Waals surface area contributed by atoms with Gasteiger partial charge in [0, 0.05) is 23.1 Å². The summed E-state index contributed by atoms with van der Waals surface area (Å²) in [6, 6.07) is 5.62. The summed E-state index contributed by atoms with van der Waals surface area (Å²) in [4.78, 5) is 26.9. The number of amides is 1. The number of aryl methyl sites for hydroxylation is 1. The van der Waals surface area contributed by atoms with E-state index in [9.17, 15) is 18.0 Å². The molecule has 2 heterocycles. The molecular formula is C16H16N2O5S2. The minimum absolute atomic E-state index is 0.00649. The lowest BCUT2D eigenvalue weighted by molar-refractivity contribution is -0.137. The van der Waals surface area contributed by atoms with Gasteiger partial charge in [-0.3, -0.25) is 9.59 Å². The lowest BCUT2D eigenvalue weighted by Gasteiger charge is -2.17. The van der Waals surface area contributed by atoms with Gasteiger partial charge in [0.2, 0.25) is 5.91 Å². The number of esters is 1. The number of fused-ring (bicyclic) bond motifs is 1. The molecule has 0 saturated carbocycles. The van der Waals surface area contributed by atoms with Gasteiger partial charge in [-0.05, 0) is 24.1 Å². The largest absolute Gasteiger partial charge is 0.468 e. The van der Waals surface area contributed by atoms with Crippen molar-refractivity contribution in [3.05, 3.63) is 34.2 Å². The van der Waals surface area contributed by atoms with Gasteiger partial charge >= 0.3 is 5.97 Å². The number of anilines is 1. The summed E-state index contributed by atoms with van der Waals surface area (Å²) in [5, 5.41) is 5.02. The molecule has 25 heavy (non-hydrogen) atoms. The van der Waals surface area contributed by atoms with E-state index in [1.807, 2.05) is 18.2 Å². The molecule has 2 aromatic rings. The first-order valence-electron chi connectivity index (χ1n) is 7.51. The summed E-state index contributed by atoms with van der Waals surface area (Å²) in [7, 11) is -2.46. The molecule has 0 atom stereocenters. The van der Waals surface area contributed by atoms with Gasteiger partial charge in [0.05, 0.1) is 12.8 Å². The second kappa shape index (κ2) is 6.93. The Kier molecular flexibility index (Phi) is 4.87. The Labute approximate surface area is 149 Å². The van der Waals surface area contributed by atoms with Crippen molar-refractivity contribution in [2.75, 3.05) is 18.2 Å². The molecule has 1 aromatic carbocycles.